The van der Waals surface area contributed by atoms with Gasteiger partial charge in [-0.3, -0.25) is 0 Å². The van der Waals surface area contributed by atoms with E-state index in [9.17, 15) is 21.1 Å². The summed E-state index contributed by atoms with van der Waals surface area (Å²) in [6.07, 6.45) is 2.89. The van der Waals surface area contributed by atoms with Crippen molar-refractivity contribution < 1.29 is 21.1 Å². The zero-order chi connectivity index (χ0) is 12.7. The fraction of sp³-hybridized carbons (Fsp3) is 1.00. The molecule has 0 aliphatic rings. The average Bonchev–Trinajstić information content (AvgIpc) is 2.10. The summed E-state index contributed by atoms with van der Waals surface area (Å²) in [6.45, 7) is 1.99. The van der Waals surface area contributed by atoms with Crippen LogP contribution in [-0.4, -0.2) is 24.1 Å². The van der Waals surface area contributed by atoms with Crippen molar-refractivity contribution in [2.45, 2.75) is 56.7 Å². The molecule has 0 aromatic carbocycles. The van der Waals surface area contributed by atoms with Crippen molar-refractivity contribution in [3.05, 3.63) is 0 Å². The second kappa shape index (κ2) is 7.42. The zero-order valence-corrected chi connectivity index (χ0v) is 12.0. The van der Waals surface area contributed by atoms with Crippen LogP contribution in [0, 0.1) is 0 Å². The van der Waals surface area contributed by atoms with Crippen molar-refractivity contribution in [3.63, 3.8) is 0 Å². The lowest BCUT2D eigenvalue weighted by molar-refractivity contribution is 0.0772. The van der Waals surface area contributed by atoms with Gasteiger partial charge in [-0.25, -0.2) is 21.1 Å². The summed E-state index contributed by atoms with van der Waals surface area (Å²) < 4.78 is 62.0. The Balaban J connectivity index is 3.62. The molecular weight excluding hydrogens is 259 g/mol. The van der Waals surface area contributed by atoms with E-state index >= 15 is 0 Å². The molecule has 0 heterocycles. The Morgan fingerprint density at radius 2 is 1.69 bits per heavy atom. The van der Waals surface area contributed by atoms with Crippen LogP contribution >= 0.6 is 0 Å². The summed E-state index contributed by atoms with van der Waals surface area (Å²) in [5.41, 5.74) is -2.77. The van der Waals surface area contributed by atoms with Crippen LogP contribution < -0.4 is 0 Å². The Hall–Kier alpha value is 0.0838. The molecule has 7 heteroatoms. The van der Waals surface area contributed by atoms with Gasteiger partial charge in [0, 0.05) is 12.5 Å². The summed E-state index contributed by atoms with van der Waals surface area (Å²) >= 11 is 0. The van der Waals surface area contributed by atoms with Crippen LogP contribution in [0.3, 0.4) is 0 Å². The molecule has 0 spiro atoms. The molecule has 0 saturated heterocycles. The maximum absolute atomic E-state index is 13.1. The third-order valence-electron chi connectivity index (χ3n) is 2.40. The first-order valence-electron chi connectivity index (χ1n) is 5.71. The van der Waals surface area contributed by atoms with Crippen LogP contribution in [0.4, 0.5) is 21.1 Å². The highest BCUT2D eigenvalue weighted by molar-refractivity contribution is 6.60. The fourth-order valence-corrected chi connectivity index (χ4v) is 4.81. The molecule has 0 bridgehead atoms. The van der Waals surface area contributed by atoms with E-state index in [4.69, 9.17) is 0 Å². The fourth-order valence-electron chi connectivity index (χ4n) is 1.48. The van der Waals surface area contributed by atoms with Crippen LogP contribution in [0.1, 0.15) is 39.0 Å². The molecule has 0 rings (SSSR count). The van der Waals surface area contributed by atoms with E-state index in [1.54, 1.807) is 0 Å². The van der Waals surface area contributed by atoms with Crippen molar-refractivity contribution in [2.75, 3.05) is 0 Å². The van der Waals surface area contributed by atoms with Crippen molar-refractivity contribution >= 4 is 18.6 Å². The molecule has 98 valence electrons. The van der Waals surface area contributed by atoms with Gasteiger partial charge in [-0.05, 0) is 6.42 Å². The van der Waals surface area contributed by atoms with Crippen LogP contribution in [0.5, 0.6) is 0 Å². The lowest BCUT2D eigenvalue weighted by Gasteiger charge is -2.15. The number of rotatable bonds is 9. The SMILES string of the molecule is CCCCCCC(F)(F)[SiH2]CC[Si](F)(F)F. The summed E-state index contributed by atoms with van der Waals surface area (Å²) in [5.74, 6) is 0. The molecule has 0 saturated carbocycles. The smallest absolute Gasteiger partial charge is 0.238 e. The Kier molecular flexibility index (Phi) is 7.46. The van der Waals surface area contributed by atoms with Crippen LogP contribution in [0.15, 0.2) is 0 Å². The predicted octanol–water partition coefficient (Wildman–Crippen LogP) is 3.98. The van der Waals surface area contributed by atoms with E-state index in [1.165, 1.54) is 0 Å². The summed E-state index contributed by atoms with van der Waals surface area (Å²) in [4.78, 5) is 0. The molecule has 0 atom stereocenters. The normalized spacial score (nSPS) is 13.9. The molecule has 0 nitrogen and oxygen atoms in total. The Bertz CT molecular complexity index is 181. The number of hydrogen-bond donors (Lipinski definition) is 0. The third-order valence-corrected chi connectivity index (χ3v) is 5.82. The minimum absolute atomic E-state index is 0.210. The summed E-state index contributed by atoms with van der Waals surface area (Å²) in [6, 6.07) is -1.19. The van der Waals surface area contributed by atoms with Gasteiger partial charge < -0.3 is 0 Å². The third kappa shape index (κ3) is 10.6. The quantitative estimate of drug-likeness (QED) is 0.259. The molecule has 0 fully saturated rings. The van der Waals surface area contributed by atoms with Crippen molar-refractivity contribution in [1.82, 2.24) is 0 Å². The van der Waals surface area contributed by atoms with Gasteiger partial charge in [-0.15, -0.1) is 0 Å². The second-order valence-electron chi connectivity index (χ2n) is 4.14. The van der Waals surface area contributed by atoms with Gasteiger partial charge in [0.2, 0.25) is 5.55 Å². The summed E-state index contributed by atoms with van der Waals surface area (Å²) in [5, 5.41) is 0. The minimum atomic E-state index is -5.60. The molecule has 0 N–H and O–H groups in total. The standard InChI is InChI=1S/C9H19F5Si2/c1-2-3-4-5-6-9(10,11)15-7-8-16(12,13)14/h2-8,15H2,1H3. The first-order valence-corrected chi connectivity index (χ1v) is 9.26. The van der Waals surface area contributed by atoms with Crippen molar-refractivity contribution in [2.24, 2.45) is 0 Å². The van der Waals surface area contributed by atoms with Gasteiger partial charge in [-0.2, -0.15) is 0 Å². The monoisotopic (exact) mass is 278 g/mol. The van der Waals surface area contributed by atoms with Crippen LogP contribution in [-0.2, 0) is 0 Å². The number of unbranched alkanes of at least 4 members (excludes halogenated alkanes) is 3. The van der Waals surface area contributed by atoms with Gasteiger partial charge in [-0.1, -0.05) is 32.2 Å². The Morgan fingerprint density at radius 3 is 2.19 bits per heavy atom. The number of hydrogen-bond acceptors (Lipinski definition) is 0. The second-order valence-corrected chi connectivity index (χ2v) is 8.11. The topological polar surface area (TPSA) is 0 Å². The number of halogens is 5. The molecule has 0 amide bonds. The molecule has 0 aliphatic heterocycles. The van der Waals surface area contributed by atoms with Gasteiger partial charge in [0.05, 0.1) is 0 Å². The van der Waals surface area contributed by atoms with Crippen molar-refractivity contribution in [1.29, 1.82) is 0 Å². The highest BCUT2D eigenvalue weighted by Gasteiger charge is 2.38. The van der Waals surface area contributed by atoms with Gasteiger partial charge in [0.15, 0.2) is 0 Å². The lowest BCUT2D eigenvalue weighted by Crippen LogP contribution is -2.27. The molecule has 0 unspecified atom stereocenters. The van der Waals surface area contributed by atoms with Gasteiger partial charge in [0.1, 0.15) is 9.52 Å². The van der Waals surface area contributed by atoms with Crippen molar-refractivity contribution in [3.8, 4) is 0 Å². The highest BCUT2D eigenvalue weighted by Crippen LogP contribution is 2.25. The first kappa shape index (κ1) is 16.1. The molecule has 16 heavy (non-hydrogen) atoms. The molecule has 0 aliphatic carbocycles. The minimum Gasteiger partial charge on any atom is -0.238 e. The molecular formula is C9H19F5Si2. The van der Waals surface area contributed by atoms with Crippen LogP contribution in [0.25, 0.3) is 0 Å². The van der Waals surface area contributed by atoms with E-state index in [1.807, 2.05) is 6.92 Å². The first-order chi connectivity index (χ1) is 7.27. The van der Waals surface area contributed by atoms with E-state index in [-0.39, 0.29) is 12.5 Å². The van der Waals surface area contributed by atoms with Gasteiger partial charge >= 0.3 is 9.08 Å². The summed E-state index contributed by atoms with van der Waals surface area (Å²) in [7, 11) is -7.49. The molecule has 0 aromatic rings. The predicted molar refractivity (Wildman–Crippen MR) is 60.9 cm³/mol. The zero-order valence-electron chi connectivity index (χ0n) is 9.55. The van der Waals surface area contributed by atoms with E-state index in [0.717, 1.165) is 19.3 Å². The Labute approximate surface area is 97.0 Å². The average molecular weight is 278 g/mol. The molecule has 0 aromatic heterocycles. The maximum atomic E-state index is 13.1. The largest absolute Gasteiger partial charge is 0.615 e. The lowest BCUT2D eigenvalue weighted by atomic mass is 10.2. The van der Waals surface area contributed by atoms with E-state index in [0.29, 0.717) is 6.42 Å². The van der Waals surface area contributed by atoms with Gasteiger partial charge in [0.25, 0.3) is 0 Å². The van der Waals surface area contributed by atoms with Crippen LogP contribution in [0.2, 0.25) is 12.1 Å². The molecule has 0 radical (unpaired) electrons. The highest BCUT2D eigenvalue weighted by atomic mass is 28.5. The van der Waals surface area contributed by atoms with E-state index in [2.05, 4.69) is 0 Å². The van der Waals surface area contributed by atoms with E-state index < -0.39 is 30.2 Å². The maximum Gasteiger partial charge on any atom is 0.615 e. The Morgan fingerprint density at radius 1 is 1.06 bits per heavy atom. The number of alkyl halides is 2.